The van der Waals surface area contributed by atoms with Gasteiger partial charge in [0.05, 0.1) is 17.8 Å². The van der Waals surface area contributed by atoms with E-state index in [2.05, 4.69) is 5.10 Å². The zero-order valence-electron chi connectivity index (χ0n) is 14.6. The van der Waals surface area contributed by atoms with E-state index < -0.39 is 11.7 Å². The van der Waals surface area contributed by atoms with Crippen molar-refractivity contribution in [3.05, 3.63) is 42.1 Å². The average molecular weight is 377 g/mol. The Labute approximate surface area is 154 Å². The van der Waals surface area contributed by atoms with Gasteiger partial charge >= 0.3 is 6.18 Å². The third-order valence-corrected chi connectivity index (χ3v) is 4.53. The van der Waals surface area contributed by atoms with Crippen molar-refractivity contribution in [3.63, 3.8) is 0 Å². The topological polar surface area (TPSA) is 65.2 Å². The highest BCUT2D eigenvalue weighted by Gasteiger charge is 2.31. The normalized spacial score (nSPS) is 16.6. The van der Waals surface area contributed by atoms with Crippen LogP contribution in [-0.4, -0.2) is 40.2 Å². The molecule has 6 nitrogen and oxygen atoms in total. The number of hydrogen-bond donors (Lipinski definition) is 0. The second-order valence-corrected chi connectivity index (χ2v) is 6.45. The summed E-state index contributed by atoms with van der Waals surface area (Å²) in [7, 11) is 0. The molecule has 3 rings (SSSR count). The lowest BCUT2D eigenvalue weighted by atomic mass is 10.0. The third-order valence-electron chi connectivity index (χ3n) is 4.53. The van der Waals surface area contributed by atoms with Crippen LogP contribution in [0.25, 0.3) is 0 Å². The van der Waals surface area contributed by atoms with Gasteiger partial charge in [-0.3, -0.25) is 4.79 Å². The fourth-order valence-corrected chi connectivity index (χ4v) is 3.23. The number of nitrogens with zero attached hydrogens (tertiary/aromatic N) is 5. The number of fused-ring (bicyclic) bond motifs is 1. The molecule has 0 radical (unpaired) electrons. The van der Waals surface area contributed by atoms with Crippen LogP contribution >= 0.6 is 0 Å². The Morgan fingerprint density at radius 3 is 2.59 bits per heavy atom. The Morgan fingerprint density at radius 2 is 2.00 bits per heavy atom. The molecule has 1 unspecified atom stereocenters. The fourth-order valence-electron chi connectivity index (χ4n) is 3.23. The number of nitriles is 1. The largest absolute Gasteiger partial charge is 0.416 e. The molecule has 0 spiro atoms. The number of hydrogen-bond acceptors (Lipinski definition) is 4. The number of anilines is 2. The van der Waals surface area contributed by atoms with Crippen LogP contribution in [0.2, 0.25) is 0 Å². The van der Waals surface area contributed by atoms with E-state index in [9.17, 15) is 18.0 Å². The molecule has 0 bridgehead atoms. The molecule has 2 aromatic rings. The van der Waals surface area contributed by atoms with E-state index >= 15 is 0 Å². The summed E-state index contributed by atoms with van der Waals surface area (Å²) in [5, 5.41) is 13.2. The van der Waals surface area contributed by atoms with Crippen molar-refractivity contribution >= 4 is 17.4 Å². The lowest BCUT2D eigenvalue weighted by molar-refractivity contribution is -0.137. The summed E-state index contributed by atoms with van der Waals surface area (Å²) in [6, 6.07) is 8.74. The second kappa shape index (κ2) is 7.31. The molecule has 0 aliphatic carbocycles. The molecule has 1 atom stereocenters. The standard InChI is InChI=1S/C18H18F3N5O/c1-13(27)24(9-7-22)10-14-11-25(17-6-8-23-26(17)12-14)16-4-2-15(3-5-16)18(19,20)21/h2-6,8,14H,9-12H2,1H3. The molecule has 0 N–H and O–H groups in total. The zero-order valence-corrected chi connectivity index (χ0v) is 14.6. The SMILES string of the molecule is CC(=O)N(CC#N)CC1CN(c2ccc(C(F)(F)F)cc2)c2ccnn2C1. The summed E-state index contributed by atoms with van der Waals surface area (Å²) in [6.07, 6.45) is -2.75. The predicted molar refractivity (Wildman–Crippen MR) is 92.0 cm³/mol. The Kier molecular flexibility index (Phi) is 5.08. The first-order valence-corrected chi connectivity index (χ1v) is 8.38. The minimum Gasteiger partial charge on any atom is -0.329 e. The number of carbonyl (C=O) groups is 1. The molecule has 0 saturated carbocycles. The van der Waals surface area contributed by atoms with Crippen molar-refractivity contribution in [1.29, 1.82) is 5.26 Å². The molecule has 2 heterocycles. The predicted octanol–water partition coefficient (Wildman–Crippen LogP) is 3.04. The summed E-state index contributed by atoms with van der Waals surface area (Å²) in [6.45, 7) is 2.85. The molecule has 9 heteroatoms. The summed E-state index contributed by atoms with van der Waals surface area (Å²) in [4.78, 5) is 15.1. The average Bonchev–Trinajstić information content (AvgIpc) is 3.08. The highest BCUT2D eigenvalue weighted by atomic mass is 19.4. The van der Waals surface area contributed by atoms with Crippen molar-refractivity contribution in [2.45, 2.75) is 19.6 Å². The fraction of sp³-hybridized carbons (Fsp3) is 0.389. The summed E-state index contributed by atoms with van der Waals surface area (Å²) >= 11 is 0. The van der Waals surface area contributed by atoms with Gasteiger partial charge in [0.15, 0.2) is 0 Å². The number of rotatable bonds is 4. The number of aromatic nitrogens is 2. The van der Waals surface area contributed by atoms with Crippen LogP contribution in [-0.2, 0) is 17.5 Å². The highest BCUT2D eigenvalue weighted by Crippen LogP contribution is 2.34. The molecular weight excluding hydrogens is 359 g/mol. The van der Waals surface area contributed by atoms with E-state index in [0.29, 0.717) is 25.3 Å². The lowest BCUT2D eigenvalue weighted by Crippen LogP contribution is -2.43. The molecule has 1 aliphatic rings. The van der Waals surface area contributed by atoms with Crippen LogP contribution in [0.4, 0.5) is 24.7 Å². The summed E-state index contributed by atoms with van der Waals surface area (Å²) in [5.74, 6) is 0.571. The van der Waals surface area contributed by atoms with Gasteiger partial charge in [0.2, 0.25) is 5.91 Å². The van der Waals surface area contributed by atoms with E-state index in [1.807, 2.05) is 11.0 Å². The van der Waals surface area contributed by atoms with Crippen LogP contribution in [0.3, 0.4) is 0 Å². The van der Waals surface area contributed by atoms with Gasteiger partial charge in [-0.2, -0.15) is 23.5 Å². The van der Waals surface area contributed by atoms with E-state index in [-0.39, 0.29) is 18.4 Å². The van der Waals surface area contributed by atoms with Crippen molar-refractivity contribution in [2.24, 2.45) is 5.92 Å². The molecule has 1 aromatic heterocycles. The first-order chi connectivity index (χ1) is 12.8. The Balaban J connectivity index is 1.85. The Morgan fingerprint density at radius 1 is 1.30 bits per heavy atom. The molecular formula is C18H18F3N5O. The van der Waals surface area contributed by atoms with Crippen LogP contribution < -0.4 is 4.90 Å². The van der Waals surface area contributed by atoms with Crippen molar-refractivity contribution in [2.75, 3.05) is 24.5 Å². The minimum absolute atomic E-state index is 0.00191. The van der Waals surface area contributed by atoms with Gasteiger partial charge in [0.25, 0.3) is 0 Å². The molecule has 0 fully saturated rings. The maximum atomic E-state index is 12.8. The molecule has 1 amide bonds. The quantitative estimate of drug-likeness (QED) is 0.769. The second-order valence-electron chi connectivity index (χ2n) is 6.45. The number of carbonyl (C=O) groups excluding carboxylic acids is 1. The van der Waals surface area contributed by atoms with Crippen molar-refractivity contribution in [3.8, 4) is 6.07 Å². The van der Waals surface area contributed by atoms with Gasteiger partial charge in [0.1, 0.15) is 12.4 Å². The number of alkyl halides is 3. The Bertz CT molecular complexity index is 853. The zero-order chi connectivity index (χ0) is 19.6. The monoisotopic (exact) mass is 377 g/mol. The molecule has 1 aliphatic heterocycles. The third kappa shape index (κ3) is 4.05. The van der Waals surface area contributed by atoms with E-state index in [4.69, 9.17) is 5.26 Å². The molecule has 142 valence electrons. The van der Waals surface area contributed by atoms with Crippen molar-refractivity contribution < 1.29 is 18.0 Å². The number of amides is 1. The smallest absolute Gasteiger partial charge is 0.329 e. The minimum atomic E-state index is -4.38. The first-order valence-electron chi connectivity index (χ1n) is 8.38. The van der Waals surface area contributed by atoms with Gasteiger partial charge in [0, 0.05) is 44.2 Å². The maximum Gasteiger partial charge on any atom is 0.416 e. The first kappa shape index (κ1) is 18.8. The van der Waals surface area contributed by atoms with E-state index in [1.54, 1.807) is 16.9 Å². The van der Waals surface area contributed by atoms with E-state index in [1.165, 1.54) is 24.0 Å². The Hall–Kier alpha value is -3.02. The van der Waals surface area contributed by atoms with Crippen molar-refractivity contribution in [1.82, 2.24) is 14.7 Å². The van der Waals surface area contributed by atoms with Gasteiger partial charge in [-0.25, -0.2) is 4.68 Å². The number of halogens is 3. The van der Waals surface area contributed by atoms with Gasteiger partial charge < -0.3 is 9.80 Å². The van der Waals surface area contributed by atoms with Gasteiger partial charge in [-0.05, 0) is 24.3 Å². The number of benzene rings is 1. The molecule has 1 aromatic carbocycles. The van der Waals surface area contributed by atoms with Gasteiger partial charge in [-0.1, -0.05) is 0 Å². The maximum absolute atomic E-state index is 12.8. The van der Waals surface area contributed by atoms with Crippen LogP contribution in [0.5, 0.6) is 0 Å². The van der Waals surface area contributed by atoms with Crippen LogP contribution in [0, 0.1) is 17.2 Å². The lowest BCUT2D eigenvalue weighted by Gasteiger charge is -2.36. The van der Waals surface area contributed by atoms with E-state index in [0.717, 1.165) is 18.0 Å². The van der Waals surface area contributed by atoms with Crippen LogP contribution in [0.15, 0.2) is 36.5 Å². The van der Waals surface area contributed by atoms with Crippen LogP contribution in [0.1, 0.15) is 12.5 Å². The molecule has 0 saturated heterocycles. The van der Waals surface area contributed by atoms with Gasteiger partial charge in [-0.15, -0.1) is 0 Å². The summed E-state index contributed by atoms with van der Waals surface area (Å²) < 4.78 is 40.2. The molecule has 27 heavy (non-hydrogen) atoms. The summed E-state index contributed by atoms with van der Waals surface area (Å²) in [5.41, 5.74) is -0.0887. The highest BCUT2D eigenvalue weighted by molar-refractivity contribution is 5.73.